The van der Waals surface area contributed by atoms with E-state index >= 15 is 0 Å². The molecule has 38 heavy (non-hydrogen) atoms. The largest absolute Gasteiger partial charge is 0.478 e. The van der Waals surface area contributed by atoms with Crippen molar-refractivity contribution < 1.29 is 14.7 Å². The van der Waals surface area contributed by atoms with Crippen LogP contribution in [0, 0.1) is 6.92 Å². The lowest BCUT2D eigenvalue weighted by Gasteiger charge is -2.19. The second-order valence-electron chi connectivity index (χ2n) is 9.39. The predicted molar refractivity (Wildman–Crippen MR) is 150 cm³/mol. The second kappa shape index (κ2) is 10.7. The lowest BCUT2D eigenvalue weighted by atomic mass is 9.90. The molecule has 0 saturated heterocycles. The van der Waals surface area contributed by atoms with E-state index < -0.39 is 5.97 Å². The maximum Gasteiger partial charge on any atom is 0.336 e. The van der Waals surface area contributed by atoms with E-state index in [4.69, 9.17) is 4.98 Å². The van der Waals surface area contributed by atoms with E-state index in [9.17, 15) is 14.7 Å². The molecule has 6 heteroatoms. The van der Waals surface area contributed by atoms with Gasteiger partial charge >= 0.3 is 5.97 Å². The molecule has 5 aromatic rings. The van der Waals surface area contributed by atoms with Gasteiger partial charge in [0.15, 0.2) is 0 Å². The van der Waals surface area contributed by atoms with Crippen molar-refractivity contribution in [1.29, 1.82) is 0 Å². The minimum atomic E-state index is -1.10. The number of carbonyl (C=O) groups is 2. The molecule has 0 bridgehead atoms. The molecule has 190 valence electrons. The lowest BCUT2D eigenvalue weighted by Crippen LogP contribution is -2.28. The molecule has 0 saturated carbocycles. The van der Waals surface area contributed by atoms with Crippen LogP contribution in [0.5, 0.6) is 0 Å². The van der Waals surface area contributed by atoms with Gasteiger partial charge in [0.25, 0.3) is 5.91 Å². The van der Waals surface area contributed by atoms with Crippen LogP contribution in [0.1, 0.15) is 57.7 Å². The summed E-state index contributed by atoms with van der Waals surface area (Å²) in [4.78, 5) is 33.8. The molecule has 1 amide bonds. The van der Waals surface area contributed by atoms with E-state index in [1.54, 1.807) is 12.1 Å². The first-order valence-electron chi connectivity index (χ1n) is 12.7. The molecule has 0 aliphatic rings. The number of hydrogen-bond acceptors (Lipinski definition) is 3. The maximum atomic E-state index is 13.3. The molecule has 3 N–H and O–H groups in total. The van der Waals surface area contributed by atoms with Crippen molar-refractivity contribution in [2.24, 2.45) is 0 Å². The van der Waals surface area contributed by atoms with Gasteiger partial charge in [-0.25, -0.2) is 9.78 Å². The number of hydrogen-bond donors (Lipinski definition) is 3. The Hall–Kier alpha value is -4.71. The Balaban J connectivity index is 1.55. The summed E-state index contributed by atoms with van der Waals surface area (Å²) in [6.45, 7) is 4.02. The lowest BCUT2D eigenvalue weighted by molar-refractivity contribution is 0.0697. The van der Waals surface area contributed by atoms with Gasteiger partial charge in [-0.2, -0.15) is 0 Å². The number of fused-ring (bicyclic) bond motifs is 1. The van der Waals surface area contributed by atoms with E-state index in [0.717, 1.165) is 46.1 Å². The minimum absolute atomic E-state index is 0.0658. The van der Waals surface area contributed by atoms with Gasteiger partial charge in [0, 0.05) is 11.1 Å². The van der Waals surface area contributed by atoms with Gasteiger partial charge < -0.3 is 15.4 Å². The normalized spacial score (nSPS) is 11.8. The number of aromatic amines is 1. The average Bonchev–Trinajstić information content (AvgIpc) is 3.37. The zero-order valence-electron chi connectivity index (χ0n) is 21.4. The summed E-state index contributed by atoms with van der Waals surface area (Å²) in [5.41, 5.74) is 6.15. The number of aromatic nitrogens is 2. The van der Waals surface area contributed by atoms with Gasteiger partial charge in [-0.05, 0) is 59.9 Å². The molecule has 0 radical (unpaired) electrons. The van der Waals surface area contributed by atoms with Crippen LogP contribution in [0.15, 0.2) is 91.0 Å². The summed E-state index contributed by atoms with van der Waals surface area (Å²) in [5.74, 6) is -0.737. The standard InChI is InChI=1S/C32H29N3O3/c1-3-10-26(21-12-5-4-6-13-21)35-31(36)22-17-18-23(25(19-22)32(37)38)29-20(2)11-9-14-24(29)30-33-27-15-7-8-16-28(27)34-30/h4-9,11-19,26H,3,10H2,1-2H3,(H,33,34)(H,35,36)(H,37,38). The topological polar surface area (TPSA) is 95.1 Å². The first-order valence-corrected chi connectivity index (χ1v) is 12.7. The monoisotopic (exact) mass is 503 g/mol. The van der Waals surface area contributed by atoms with Crippen molar-refractivity contribution in [3.05, 3.63) is 113 Å². The molecule has 1 aromatic heterocycles. The van der Waals surface area contributed by atoms with E-state index in [1.807, 2.05) is 79.7 Å². The molecule has 4 aromatic carbocycles. The summed E-state index contributed by atoms with van der Waals surface area (Å²) in [7, 11) is 0. The molecular formula is C32H29N3O3. The number of para-hydroxylation sites is 2. The summed E-state index contributed by atoms with van der Waals surface area (Å²) >= 11 is 0. The Morgan fingerprint density at radius 2 is 1.68 bits per heavy atom. The van der Waals surface area contributed by atoms with Crippen LogP contribution in [-0.2, 0) is 0 Å². The fourth-order valence-corrected chi connectivity index (χ4v) is 4.92. The molecule has 0 aliphatic carbocycles. The van der Waals surface area contributed by atoms with Crippen LogP contribution < -0.4 is 5.32 Å². The van der Waals surface area contributed by atoms with Crippen LogP contribution in [0.25, 0.3) is 33.5 Å². The Morgan fingerprint density at radius 1 is 0.921 bits per heavy atom. The van der Waals surface area contributed by atoms with Gasteiger partial charge in [-0.15, -0.1) is 0 Å². The SMILES string of the molecule is CCCC(NC(=O)c1ccc(-c2c(C)cccc2-c2nc3ccccc3[nH]2)c(C(=O)O)c1)c1ccccc1. The molecule has 1 unspecified atom stereocenters. The Kier molecular flexibility index (Phi) is 7.05. The Morgan fingerprint density at radius 3 is 2.42 bits per heavy atom. The fourth-order valence-electron chi connectivity index (χ4n) is 4.92. The molecule has 1 heterocycles. The summed E-state index contributed by atoms with van der Waals surface area (Å²) in [5, 5.41) is 13.3. The molecule has 5 rings (SSSR count). The van der Waals surface area contributed by atoms with Crippen molar-refractivity contribution in [1.82, 2.24) is 15.3 Å². The fraction of sp³-hybridized carbons (Fsp3) is 0.156. The highest BCUT2D eigenvalue weighted by Crippen LogP contribution is 2.36. The highest BCUT2D eigenvalue weighted by Gasteiger charge is 2.22. The number of benzene rings is 4. The number of carboxylic acid groups (broad SMARTS) is 1. The van der Waals surface area contributed by atoms with E-state index in [1.165, 1.54) is 6.07 Å². The van der Waals surface area contributed by atoms with Crippen molar-refractivity contribution >= 4 is 22.9 Å². The summed E-state index contributed by atoms with van der Waals surface area (Å²) in [6, 6.07) is 28.1. The van der Waals surface area contributed by atoms with Crippen molar-refractivity contribution in [2.75, 3.05) is 0 Å². The van der Waals surface area contributed by atoms with Crippen LogP contribution in [0.2, 0.25) is 0 Å². The number of rotatable bonds is 8. The van der Waals surface area contributed by atoms with Gasteiger partial charge in [-0.1, -0.05) is 80.1 Å². The number of amides is 1. The van der Waals surface area contributed by atoms with Gasteiger partial charge in [0.05, 0.1) is 22.6 Å². The third-order valence-corrected chi connectivity index (χ3v) is 6.78. The van der Waals surface area contributed by atoms with Gasteiger partial charge in [-0.3, -0.25) is 4.79 Å². The van der Waals surface area contributed by atoms with Crippen LogP contribution in [0.4, 0.5) is 0 Å². The first kappa shape index (κ1) is 25.0. The smallest absolute Gasteiger partial charge is 0.336 e. The van der Waals surface area contributed by atoms with Crippen molar-refractivity contribution in [3.63, 3.8) is 0 Å². The number of carboxylic acids is 1. The minimum Gasteiger partial charge on any atom is -0.478 e. The van der Waals surface area contributed by atoms with E-state index in [0.29, 0.717) is 17.0 Å². The number of aryl methyl sites for hydroxylation is 1. The number of nitrogens with zero attached hydrogens (tertiary/aromatic N) is 1. The molecular weight excluding hydrogens is 474 g/mol. The molecule has 0 spiro atoms. The summed E-state index contributed by atoms with van der Waals surface area (Å²) < 4.78 is 0. The second-order valence-corrected chi connectivity index (χ2v) is 9.39. The molecule has 1 atom stereocenters. The van der Waals surface area contributed by atoms with Crippen LogP contribution in [0.3, 0.4) is 0 Å². The number of carbonyl (C=O) groups excluding carboxylic acids is 1. The molecule has 0 aliphatic heterocycles. The van der Waals surface area contributed by atoms with Crippen LogP contribution >= 0.6 is 0 Å². The van der Waals surface area contributed by atoms with Crippen LogP contribution in [-0.4, -0.2) is 27.0 Å². The maximum absolute atomic E-state index is 13.3. The van der Waals surface area contributed by atoms with Gasteiger partial charge in [0.1, 0.15) is 5.82 Å². The zero-order chi connectivity index (χ0) is 26.6. The quantitative estimate of drug-likeness (QED) is 0.209. The van der Waals surface area contributed by atoms with Gasteiger partial charge in [0.2, 0.25) is 0 Å². The molecule has 6 nitrogen and oxygen atoms in total. The third-order valence-electron chi connectivity index (χ3n) is 6.78. The Bertz CT molecular complexity index is 1590. The number of H-pyrrole nitrogens is 1. The average molecular weight is 504 g/mol. The zero-order valence-corrected chi connectivity index (χ0v) is 21.4. The van der Waals surface area contributed by atoms with Crippen molar-refractivity contribution in [3.8, 4) is 22.5 Å². The van der Waals surface area contributed by atoms with E-state index in [2.05, 4.69) is 17.2 Å². The van der Waals surface area contributed by atoms with Crippen molar-refractivity contribution in [2.45, 2.75) is 32.7 Å². The highest BCUT2D eigenvalue weighted by atomic mass is 16.4. The molecule has 0 fully saturated rings. The number of nitrogens with one attached hydrogen (secondary N) is 2. The highest BCUT2D eigenvalue weighted by molar-refractivity contribution is 6.03. The summed E-state index contributed by atoms with van der Waals surface area (Å²) in [6.07, 6.45) is 1.68. The van der Waals surface area contributed by atoms with E-state index in [-0.39, 0.29) is 17.5 Å². The Labute approximate surface area is 221 Å². The number of aromatic carboxylic acids is 1. The first-order chi connectivity index (χ1) is 18.5. The predicted octanol–water partition coefficient (Wildman–Crippen LogP) is 7.17. The number of imidazole rings is 1. The third kappa shape index (κ3) is 4.93.